The van der Waals surface area contributed by atoms with Gasteiger partial charge in [-0.05, 0) is 20.8 Å². The zero-order valence-electron chi connectivity index (χ0n) is 12.7. The van der Waals surface area contributed by atoms with Crippen LogP contribution in [0.25, 0.3) is 0 Å². The average molecular weight is 311 g/mol. The molecule has 2 unspecified atom stereocenters. The maximum atomic E-state index is 12.1. The average Bonchev–Trinajstić information content (AvgIpc) is 2.66. The summed E-state index contributed by atoms with van der Waals surface area (Å²) in [6, 6.07) is -0.221. The van der Waals surface area contributed by atoms with Gasteiger partial charge in [-0.2, -0.15) is 0 Å². The van der Waals surface area contributed by atoms with Gasteiger partial charge in [-0.1, -0.05) is 6.92 Å². The van der Waals surface area contributed by atoms with Crippen molar-refractivity contribution >= 4 is 23.3 Å². The number of rotatable bonds is 4. The first-order chi connectivity index (χ1) is 9.79. The van der Waals surface area contributed by atoms with Crippen molar-refractivity contribution in [3.8, 4) is 0 Å². The number of thiazole rings is 1. The number of nitrogens with zero attached hydrogens (tertiary/aromatic N) is 2. The number of carbonyl (C=O) groups excluding carboxylic acids is 1. The lowest BCUT2D eigenvalue weighted by Crippen LogP contribution is -2.56. The Bertz CT molecular complexity index is 552. The molecule has 2 rings (SSSR count). The zero-order chi connectivity index (χ0) is 15.7. The van der Waals surface area contributed by atoms with E-state index in [4.69, 9.17) is 5.11 Å². The molecule has 2 amide bonds. The van der Waals surface area contributed by atoms with Crippen LogP contribution in [0.4, 0.5) is 4.79 Å². The highest BCUT2D eigenvalue weighted by atomic mass is 32.1. The molecule has 0 spiro atoms. The van der Waals surface area contributed by atoms with Gasteiger partial charge < -0.3 is 15.3 Å². The van der Waals surface area contributed by atoms with Gasteiger partial charge in [0.1, 0.15) is 0 Å². The highest BCUT2D eigenvalue weighted by Crippen LogP contribution is 2.27. The first-order valence-electron chi connectivity index (χ1n) is 7.01. The molecule has 1 fully saturated rings. The predicted molar refractivity (Wildman–Crippen MR) is 80.4 cm³/mol. The van der Waals surface area contributed by atoms with Gasteiger partial charge in [0.25, 0.3) is 0 Å². The van der Waals surface area contributed by atoms with Crippen molar-refractivity contribution in [1.29, 1.82) is 0 Å². The second-order valence-electron chi connectivity index (χ2n) is 5.65. The van der Waals surface area contributed by atoms with Crippen LogP contribution < -0.4 is 5.32 Å². The van der Waals surface area contributed by atoms with Crippen molar-refractivity contribution in [2.75, 3.05) is 13.1 Å². The molecule has 1 aromatic heterocycles. The smallest absolute Gasteiger partial charge is 0.317 e. The Hall–Kier alpha value is -1.63. The van der Waals surface area contributed by atoms with E-state index >= 15 is 0 Å². The normalized spacial score (nSPS) is 18.0. The monoisotopic (exact) mass is 311 g/mol. The number of nitrogens with one attached hydrogen (secondary N) is 1. The molecule has 6 nitrogen and oxygen atoms in total. The molecule has 1 saturated heterocycles. The molecule has 116 valence electrons. The number of hydrogen-bond donors (Lipinski definition) is 2. The quantitative estimate of drug-likeness (QED) is 0.893. The van der Waals surface area contributed by atoms with E-state index in [9.17, 15) is 9.59 Å². The van der Waals surface area contributed by atoms with Crippen LogP contribution in [0.5, 0.6) is 0 Å². The van der Waals surface area contributed by atoms with Gasteiger partial charge in [0.2, 0.25) is 0 Å². The van der Waals surface area contributed by atoms with E-state index in [2.05, 4.69) is 10.3 Å². The Morgan fingerprint density at radius 2 is 2.00 bits per heavy atom. The zero-order valence-corrected chi connectivity index (χ0v) is 13.5. The highest BCUT2D eigenvalue weighted by Gasteiger charge is 2.37. The van der Waals surface area contributed by atoms with Crippen LogP contribution >= 0.6 is 11.3 Å². The molecular weight excluding hydrogens is 290 g/mol. The van der Waals surface area contributed by atoms with Crippen LogP contribution in [0.15, 0.2) is 0 Å². The third-order valence-corrected chi connectivity index (χ3v) is 5.22. The lowest BCUT2D eigenvalue weighted by Gasteiger charge is -2.41. The van der Waals surface area contributed by atoms with Gasteiger partial charge in [0.15, 0.2) is 0 Å². The van der Waals surface area contributed by atoms with E-state index in [1.165, 1.54) is 0 Å². The number of urea groups is 1. The van der Waals surface area contributed by atoms with Crippen LogP contribution in [0.3, 0.4) is 0 Å². The summed E-state index contributed by atoms with van der Waals surface area (Å²) in [4.78, 5) is 30.1. The van der Waals surface area contributed by atoms with Crippen molar-refractivity contribution in [3.63, 3.8) is 0 Å². The predicted octanol–water partition coefficient (Wildman–Crippen LogP) is 2.18. The second-order valence-corrected chi connectivity index (χ2v) is 6.88. The Morgan fingerprint density at radius 3 is 2.48 bits per heavy atom. The van der Waals surface area contributed by atoms with E-state index in [1.807, 2.05) is 20.8 Å². The molecule has 0 aliphatic carbocycles. The molecule has 0 saturated carbocycles. The van der Waals surface area contributed by atoms with Gasteiger partial charge in [-0.25, -0.2) is 9.78 Å². The number of carboxylic acid groups (broad SMARTS) is 1. The third kappa shape index (κ3) is 3.34. The van der Waals surface area contributed by atoms with Crippen molar-refractivity contribution < 1.29 is 14.7 Å². The lowest BCUT2D eigenvalue weighted by molar-refractivity contribution is -0.144. The summed E-state index contributed by atoms with van der Waals surface area (Å²) in [5.41, 5.74) is 0.950. The molecule has 1 aliphatic heterocycles. The van der Waals surface area contributed by atoms with Gasteiger partial charge >= 0.3 is 12.0 Å². The number of aliphatic carboxylic acids is 1. The maximum absolute atomic E-state index is 12.1. The van der Waals surface area contributed by atoms with Crippen LogP contribution in [0.2, 0.25) is 0 Å². The molecule has 0 bridgehead atoms. The number of carbonyl (C=O) groups is 2. The molecule has 2 atom stereocenters. The van der Waals surface area contributed by atoms with E-state index in [1.54, 1.807) is 23.2 Å². The van der Waals surface area contributed by atoms with Gasteiger partial charge in [0.05, 0.1) is 22.7 Å². The van der Waals surface area contributed by atoms with Crippen molar-refractivity contribution in [2.24, 2.45) is 11.8 Å². The number of hydrogen-bond acceptors (Lipinski definition) is 4. The van der Waals surface area contributed by atoms with Crippen LogP contribution in [0, 0.1) is 25.7 Å². The number of aryl methyl sites for hydroxylation is 2. The van der Waals surface area contributed by atoms with Crippen molar-refractivity contribution in [2.45, 2.75) is 33.7 Å². The van der Waals surface area contributed by atoms with E-state index in [0.29, 0.717) is 13.1 Å². The molecular formula is C14H21N3O3S. The van der Waals surface area contributed by atoms with E-state index in [0.717, 1.165) is 15.6 Å². The van der Waals surface area contributed by atoms with E-state index < -0.39 is 11.9 Å². The fraction of sp³-hybridized carbons (Fsp3) is 0.643. The molecule has 0 radical (unpaired) electrons. The summed E-state index contributed by atoms with van der Waals surface area (Å²) >= 11 is 1.59. The first-order valence-corrected chi connectivity index (χ1v) is 7.83. The fourth-order valence-electron chi connectivity index (χ4n) is 2.49. The number of likely N-dealkylation sites (tertiary alicyclic amines) is 1. The van der Waals surface area contributed by atoms with Crippen molar-refractivity contribution in [1.82, 2.24) is 15.2 Å². The summed E-state index contributed by atoms with van der Waals surface area (Å²) in [5.74, 6) is -1.15. The summed E-state index contributed by atoms with van der Waals surface area (Å²) in [7, 11) is 0. The first kappa shape index (κ1) is 15.8. The number of aromatic nitrogens is 1. The molecule has 1 aliphatic rings. The summed E-state index contributed by atoms with van der Waals surface area (Å²) in [6.45, 7) is 8.53. The highest BCUT2D eigenvalue weighted by molar-refractivity contribution is 7.11. The van der Waals surface area contributed by atoms with Gasteiger partial charge in [-0.3, -0.25) is 4.79 Å². The SMILES string of the molecule is Cc1nc(C)c(C(C)NC(=O)N2CC(C(C)C(=O)O)C2)s1. The standard InChI is InChI=1S/C14H21N3O3S/c1-7(13(18)19)11-5-17(6-11)14(20)16-9(3)12-8(2)15-10(4)21-12/h7,9,11H,5-6H2,1-4H3,(H,16,20)(H,18,19). The summed E-state index contributed by atoms with van der Waals surface area (Å²) in [6.07, 6.45) is 0. The molecule has 0 aromatic carbocycles. The topological polar surface area (TPSA) is 82.5 Å². The molecule has 7 heteroatoms. The Kier molecular flexibility index (Phi) is 4.51. The second kappa shape index (κ2) is 6.01. The summed E-state index contributed by atoms with van der Waals surface area (Å²) < 4.78 is 0. The maximum Gasteiger partial charge on any atom is 0.317 e. The number of carboxylic acids is 1. The number of amides is 2. The lowest BCUT2D eigenvalue weighted by atomic mass is 9.87. The molecule has 2 N–H and O–H groups in total. The minimum absolute atomic E-state index is 0.0518. The molecule has 21 heavy (non-hydrogen) atoms. The Morgan fingerprint density at radius 1 is 1.38 bits per heavy atom. The van der Waals surface area contributed by atoms with Gasteiger partial charge in [0, 0.05) is 23.9 Å². The molecule has 2 heterocycles. The Labute approximate surface area is 128 Å². The minimum atomic E-state index is -0.802. The largest absolute Gasteiger partial charge is 0.481 e. The van der Waals surface area contributed by atoms with E-state index in [-0.39, 0.29) is 18.0 Å². The van der Waals surface area contributed by atoms with Crippen molar-refractivity contribution in [3.05, 3.63) is 15.6 Å². The minimum Gasteiger partial charge on any atom is -0.481 e. The third-order valence-electron chi connectivity index (χ3n) is 3.97. The van der Waals surface area contributed by atoms with Crippen LogP contribution in [0.1, 0.15) is 35.5 Å². The van der Waals surface area contributed by atoms with Crippen LogP contribution in [-0.2, 0) is 4.79 Å². The van der Waals surface area contributed by atoms with Gasteiger partial charge in [-0.15, -0.1) is 11.3 Å². The van der Waals surface area contributed by atoms with Crippen LogP contribution in [-0.4, -0.2) is 40.1 Å². The fourth-order valence-corrected chi connectivity index (χ4v) is 3.42. The Balaban J connectivity index is 1.86. The molecule has 1 aromatic rings. The summed E-state index contributed by atoms with van der Waals surface area (Å²) in [5, 5.41) is 12.9.